The number of furan rings is 1. The summed E-state index contributed by atoms with van der Waals surface area (Å²) in [6, 6.07) is 4.72. The van der Waals surface area contributed by atoms with E-state index in [1.165, 1.54) is 0 Å². The molecule has 3 atom stereocenters. The number of aliphatic hydroxyl groups is 1. The number of rotatable bonds is 7. The second kappa shape index (κ2) is 6.71. The molecule has 0 saturated carbocycles. The van der Waals surface area contributed by atoms with Crippen LogP contribution >= 0.6 is 0 Å². The van der Waals surface area contributed by atoms with Crippen molar-refractivity contribution in [2.45, 2.75) is 58.2 Å². The summed E-state index contributed by atoms with van der Waals surface area (Å²) in [4.78, 5) is 0. The summed E-state index contributed by atoms with van der Waals surface area (Å²) in [7, 11) is 0. The normalized spacial score (nSPS) is 17.0. The zero-order valence-electron chi connectivity index (χ0n) is 10.4. The molecule has 0 aliphatic heterocycles. The Morgan fingerprint density at radius 2 is 2.06 bits per heavy atom. The molecule has 16 heavy (non-hydrogen) atoms. The molecule has 0 radical (unpaired) electrons. The van der Waals surface area contributed by atoms with Gasteiger partial charge in [-0.3, -0.25) is 0 Å². The summed E-state index contributed by atoms with van der Waals surface area (Å²) in [6.45, 7) is 6.10. The summed E-state index contributed by atoms with van der Waals surface area (Å²) in [5.74, 6) is 1.04. The van der Waals surface area contributed by atoms with Crippen LogP contribution in [-0.2, 0) is 6.42 Å². The van der Waals surface area contributed by atoms with Crippen molar-refractivity contribution in [1.82, 2.24) is 5.32 Å². The summed E-state index contributed by atoms with van der Waals surface area (Å²) in [5, 5.41) is 12.7. The molecule has 0 fully saturated rings. The third-order valence-corrected chi connectivity index (χ3v) is 2.67. The monoisotopic (exact) mass is 225 g/mol. The van der Waals surface area contributed by atoms with Crippen LogP contribution in [0.2, 0.25) is 0 Å². The van der Waals surface area contributed by atoms with Crippen molar-refractivity contribution in [3.8, 4) is 0 Å². The lowest BCUT2D eigenvalue weighted by atomic mass is 10.1. The fourth-order valence-corrected chi connectivity index (χ4v) is 1.96. The van der Waals surface area contributed by atoms with Gasteiger partial charge >= 0.3 is 0 Å². The Labute approximate surface area is 97.9 Å². The average Bonchev–Trinajstić information content (AvgIpc) is 2.65. The minimum absolute atomic E-state index is 0.236. The van der Waals surface area contributed by atoms with Gasteiger partial charge in [0, 0.05) is 18.5 Å². The van der Waals surface area contributed by atoms with Crippen LogP contribution in [0.1, 0.15) is 39.4 Å². The highest BCUT2D eigenvalue weighted by Crippen LogP contribution is 2.07. The fraction of sp³-hybridized carbons (Fsp3) is 0.692. The molecular weight excluding hydrogens is 202 g/mol. The van der Waals surface area contributed by atoms with E-state index < -0.39 is 0 Å². The van der Waals surface area contributed by atoms with Crippen molar-refractivity contribution in [2.75, 3.05) is 0 Å². The van der Waals surface area contributed by atoms with Gasteiger partial charge in [-0.2, -0.15) is 0 Å². The molecule has 0 bridgehead atoms. The second-order valence-corrected chi connectivity index (χ2v) is 4.67. The molecule has 3 nitrogen and oxygen atoms in total. The number of aryl methyl sites for hydroxylation is 1. The molecular formula is C13H23NO2. The third-order valence-electron chi connectivity index (χ3n) is 2.67. The van der Waals surface area contributed by atoms with Gasteiger partial charge in [-0.05, 0) is 45.7 Å². The van der Waals surface area contributed by atoms with Gasteiger partial charge in [-0.15, -0.1) is 0 Å². The Balaban J connectivity index is 2.17. The lowest BCUT2D eigenvalue weighted by Gasteiger charge is -2.20. The third kappa shape index (κ3) is 5.33. The number of aliphatic hydroxyl groups excluding tert-OH is 1. The van der Waals surface area contributed by atoms with E-state index in [0.717, 1.165) is 25.0 Å². The quantitative estimate of drug-likeness (QED) is 0.748. The lowest BCUT2D eigenvalue weighted by molar-refractivity contribution is 0.168. The Morgan fingerprint density at radius 3 is 2.62 bits per heavy atom. The topological polar surface area (TPSA) is 45.4 Å². The van der Waals surface area contributed by atoms with Gasteiger partial charge in [-0.1, -0.05) is 0 Å². The van der Waals surface area contributed by atoms with Gasteiger partial charge < -0.3 is 14.8 Å². The first-order chi connectivity index (χ1) is 7.58. The Hall–Kier alpha value is -0.800. The molecule has 3 unspecified atom stereocenters. The van der Waals surface area contributed by atoms with Gasteiger partial charge in [0.05, 0.1) is 12.4 Å². The zero-order chi connectivity index (χ0) is 12.0. The molecule has 3 heteroatoms. The van der Waals surface area contributed by atoms with Crippen molar-refractivity contribution >= 4 is 0 Å². The van der Waals surface area contributed by atoms with E-state index in [-0.39, 0.29) is 6.10 Å². The van der Waals surface area contributed by atoms with Crippen LogP contribution in [0.5, 0.6) is 0 Å². The smallest absolute Gasteiger partial charge is 0.103 e. The van der Waals surface area contributed by atoms with Gasteiger partial charge in [0.25, 0.3) is 0 Å². The predicted molar refractivity (Wildman–Crippen MR) is 65.4 cm³/mol. The first-order valence-corrected chi connectivity index (χ1v) is 6.04. The van der Waals surface area contributed by atoms with E-state index in [4.69, 9.17) is 4.42 Å². The van der Waals surface area contributed by atoms with E-state index >= 15 is 0 Å². The van der Waals surface area contributed by atoms with Crippen molar-refractivity contribution in [1.29, 1.82) is 0 Å². The number of hydrogen-bond acceptors (Lipinski definition) is 3. The van der Waals surface area contributed by atoms with E-state index in [1.54, 1.807) is 6.26 Å². The van der Waals surface area contributed by atoms with Crippen LogP contribution in [0, 0.1) is 0 Å². The summed E-state index contributed by atoms with van der Waals surface area (Å²) >= 11 is 0. The molecule has 1 heterocycles. The molecule has 92 valence electrons. The van der Waals surface area contributed by atoms with Crippen LogP contribution < -0.4 is 5.32 Å². The summed E-state index contributed by atoms with van der Waals surface area (Å²) in [5.41, 5.74) is 0. The standard InChI is InChI=1S/C13H23NO2/c1-10(14-11(2)9-12(3)15)6-7-13-5-4-8-16-13/h4-5,8,10-12,14-15H,6-7,9H2,1-3H3. The molecule has 1 aromatic rings. The average molecular weight is 225 g/mol. The van der Waals surface area contributed by atoms with Crippen LogP contribution in [0.4, 0.5) is 0 Å². The molecule has 0 spiro atoms. The first kappa shape index (κ1) is 13.3. The fourth-order valence-electron chi connectivity index (χ4n) is 1.96. The maximum atomic E-state index is 9.26. The van der Waals surface area contributed by atoms with Crippen LogP contribution in [0.3, 0.4) is 0 Å². The molecule has 0 aromatic carbocycles. The molecule has 1 rings (SSSR count). The zero-order valence-corrected chi connectivity index (χ0v) is 10.4. The molecule has 0 amide bonds. The molecule has 0 saturated heterocycles. The van der Waals surface area contributed by atoms with Crippen LogP contribution in [-0.4, -0.2) is 23.3 Å². The highest BCUT2D eigenvalue weighted by Gasteiger charge is 2.10. The molecule has 0 aliphatic rings. The van der Waals surface area contributed by atoms with E-state index in [1.807, 2.05) is 19.1 Å². The van der Waals surface area contributed by atoms with Crippen molar-refractivity contribution < 1.29 is 9.52 Å². The second-order valence-electron chi connectivity index (χ2n) is 4.67. The van der Waals surface area contributed by atoms with E-state index in [0.29, 0.717) is 12.1 Å². The van der Waals surface area contributed by atoms with Crippen molar-refractivity contribution in [3.63, 3.8) is 0 Å². The van der Waals surface area contributed by atoms with Crippen LogP contribution in [0.25, 0.3) is 0 Å². The minimum Gasteiger partial charge on any atom is -0.469 e. The number of nitrogens with one attached hydrogen (secondary N) is 1. The molecule has 1 aromatic heterocycles. The van der Waals surface area contributed by atoms with Gasteiger partial charge in [0.15, 0.2) is 0 Å². The maximum Gasteiger partial charge on any atom is 0.103 e. The first-order valence-electron chi connectivity index (χ1n) is 6.04. The van der Waals surface area contributed by atoms with Gasteiger partial charge in [0.1, 0.15) is 5.76 Å². The highest BCUT2D eigenvalue weighted by molar-refractivity contribution is 4.98. The Bertz CT molecular complexity index is 269. The Morgan fingerprint density at radius 1 is 1.31 bits per heavy atom. The Kier molecular flexibility index (Phi) is 5.56. The highest BCUT2D eigenvalue weighted by atomic mass is 16.3. The van der Waals surface area contributed by atoms with Gasteiger partial charge in [-0.25, -0.2) is 0 Å². The van der Waals surface area contributed by atoms with Gasteiger partial charge in [0.2, 0.25) is 0 Å². The maximum absolute atomic E-state index is 9.26. The van der Waals surface area contributed by atoms with E-state index in [2.05, 4.69) is 19.2 Å². The van der Waals surface area contributed by atoms with Crippen molar-refractivity contribution in [3.05, 3.63) is 24.2 Å². The van der Waals surface area contributed by atoms with Crippen LogP contribution in [0.15, 0.2) is 22.8 Å². The predicted octanol–water partition coefficient (Wildman–Crippen LogP) is 2.35. The van der Waals surface area contributed by atoms with E-state index in [9.17, 15) is 5.11 Å². The largest absolute Gasteiger partial charge is 0.469 e. The SMILES string of the molecule is CC(O)CC(C)NC(C)CCc1ccco1. The number of hydrogen-bond donors (Lipinski definition) is 2. The minimum atomic E-state index is -0.236. The summed E-state index contributed by atoms with van der Waals surface area (Å²) in [6.07, 6.45) is 4.29. The molecule has 0 aliphatic carbocycles. The lowest BCUT2D eigenvalue weighted by Crippen LogP contribution is -2.36. The van der Waals surface area contributed by atoms with Crippen molar-refractivity contribution in [2.24, 2.45) is 0 Å². The summed E-state index contributed by atoms with van der Waals surface area (Å²) < 4.78 is 5.29. The molecule has 2 N–H and O–H groups in total.